The van der Waals surface area contributed by atoms with Gasteiger partial charge in [0.1, 0.15) is 28.9 Å². The van der Waals surface area contributed by atoms with E-state index < -0.39 is 26.4 Å². The quantitative estimate of drug-likeness (QED) is 0.0216. The number of Topliss-reactive ketones (excluding diaryl/α,β-unsaturated/α-hetero) is 5. The summed E-state index contributed by atoms with van der Waals surface area (Å²) in [5, 5.41) is 46.0. The smallest absolute Gasteiger partial charge is 0.876 e. The van der Waals surface area contributed by atoms with Crippen molar-refractivity contribution < 1.29 is 113 Å². The molecule has 0 heterocycles. The minimum Gasteiger partial charge on any atom is -0.876 e. The molecule has 0 amide bonds. The maximum absolute atomic E-state index is 11.8. The number of alkyl halides is 2. The van der Waals surface area contributed by atoms with Gasteiger partial charge in [-0.15, -0.1) is 24.7 Å². The molecule has 2 rings (SSSR count). The Bertz CT molecular complexity index is 2120. The van der Waals surface area contributed by atoms with Crippen molar-refractivity contribution in [3.05, 3.63) is 96.5 Å². The Labute approximate surface area is 589 Å². The van der Waals surface area contributed by atoms with Crippen molar-refractivity contribution in [2.45, 2.75) is 251 Å². The van der Waals surface area contributed by atoms with E-state index in [1.165, 1.54) is 27.7 Å². The zero-order valence-corrected chi connectivity index (χ0v) is 63.8. The fourth-order valence-electron chi connectivity index (χ4n) is 6.36. The van der Waals surface area contributed by atoms with Gasteiger partial charge in [-0.3, -0.25) is 33.6 Å². The van der Waals surface area contributed by atoms with Crippen molar-refractivity contribution in [3.63, 3.8) is 0 Å². The van der Waals surface area contributed by atoms with Crippen LogP contribution in [0, 0.1) is 29.6 Å². The van der Waals surface area contributed by atoms with E-state index in [4.69, 9.17) is 26.9 Å². The summed E-state index contributed by atoms with van der Waals surface area (Å²) in [5.74, 6) is -0.964. The fourth-order valence-corrected chi connectivity index (χ4v) is 7.73. The summed E-state index contributed by atoms with van der Waals surface area (Å²) < 4.78 is 30.3. The largest absolute Gasteiger partial charge is 1.00 e. The van der Waals surface area contributed by atoms with Gasteiger partial charge in [0.2, 0.25) is 0 Å². The number of aliphatic carboxylic acids is 2. The van der Waals surface area contributed by atoms with Crippen LogP contribution in [-0.2, 0) is 60.7 Å². The Kier molecular flexibility index (Phi) is 72.8. The molecule has 500 valence electrons. The van der Waals surface area contributed by atoms with Crippen molar-refractivity contribution in [1.82, 2.24) is 0 Å². The second kappa shape index (κ2) is 64.6. The van der Waals surface area contributed by atoms with Gasteiger partial charge in [-0.2, -0.15) is 0 Å². The standard InChI is InChI=1S/C17H24O3.C16H34O3Si.C14H20O3.C8H14O2.C5H10O2.2C3H6O.2CH3I.2Li/c1-4-13(2)17(11-16(19)10-14(3)18)20-12-15-8-6-5-7-9-15;1-9-12(2)15(18)11-14(10-13(3)17)19-20(7,8)16(4,5)6;1-3-11(2)13(9-14(15)16)17-10-12-7-5-4-6-8-12;1-4-6(2)8(10)5-7(3)9;1-3-4(2)5(6)7;2*1-3(2)4;2*1-2;;/h5-9,13,17H,4,10-12H2,1-3H3;12,14-15,18H,9-11H2,1-8H3;4-8,11,13H,3,9-10H2,1-2H3,(H,15,16);6H,4-5H2,1-3H3;4H,3H2,1-2H3,(H,6,7);2*4H,1H2,2H3;2*1H3;;/q;;;;;;;;;2*+1/p-2/t13-,17-;12-,14+,15-;11-,13-;6-;4-;;;;;;/m00000....../s1/i;;;;;;;2*1D;;. The molecule has 15 nitrogen and oxygen atoms in total. The van der Waals surface area contributed by atoms with Crippen molar-refractivity contribution in [3.8, 4) is 0 Å². The van der Waals surface area contributed by atoms with Gasteiger partial charge in [0.15, 0.2) is 8.32 Å². The minimum atomic E-state index is -1.91. The molecule has 2 aromatic carbocycles. The molecular formula is C68H118I2Li2O15Si. The van der Waals surface area contributed by atoms with Crippen LogP contribution in [-0.4, -0.2) is 98.7 Å². The molecule has 0 saturated heterocycles. The molecule has 0 aliphatic carbocycles. The number of halogens is 2. The summed E-state index contributed by atoms with van der Waals surface area (Å²) in [4.78, 5) is 77.3. The average molecular weight is 1470 g/mol. The number of carboxylic acid groups (broad SMARTS) is 2. The summed E-state index contributed by atoms with van der Waals surface area (Å²) in [6, 6.07) is 19.7. The maximum atomic E-state index is 11.8. The van der Waals surface area contributed by atoms with Crippen LogP contribution >= 0.6 is 45.2 Å². The van der Waals surface area contributed by atoms with Gasteiger partial charge in [-0.05, 0) is 96.9 Å². The van der Waals surface area contributed by atoms with Crippen molar-refractivity contribution in [2.75, 3.05) is 9.81 Å². The second-order valence-corrected chi connectivity index (χ2v) is 27.7. The molecule has 0 fully saturated rings. The number of rotatable bonds is 30. The van der Waals surface area contributed by atoms with Gasteiger partial charge in [0.25, 0.3) is 0 Å². The summed E-state index contributed by atoms with van der Waals surface area (Å²) in [5.41, 5.74) is 2.17. The Morgan fingerprint density at radius 3 is 1.19 bits per heavy atom. The first-order valence-corrected chi connectivity index (χ1v) is 35.6. The predicted octanol–water partition coefficient (Wildman–Crippen LogP) is 9.37. The zero-order valence-electron chi connectivity index (χ0n) is 60.5. The van der Waals surface area contributed by atoms with E-state index in [0.29, 0.717) is 48.2 Å². The van der Waals surface area contributed by atoms with Crippen LogP contribution in [0.15, 0.2) is 85.3 Å². The van der Waals surface area contributed by atoms with Crippen LogP contribution < -0.4 is 47.9 Å². The number of allylic oxidation sites excluding steroid dienone is 2. The third-order valence-electron chi connectivity index (χ3n) is 13.6. The summed E-state index contributed by atoms with van der Waals surface area (Å²) in [6.07, 6.45) is 4.95. The van der Waals surface area contributed by atoms with Gasteiger partial charge < -0.3 is 39.4 Å². The number of carboxylic acids is 2. The Morgan fingerprint density at radius 2 is 0.932 bits per heavy atom. The third kappa shape index (κ3) is 67.9. The van der Waals surface area contributed by atoms with Crippen LogP contribution in [0.4, 0.5) is 0 Å². The number of carbonyl (C=O) groups excluding carboxylic acids is 5. The Hall–Kier alpha value is -2.48. The van der Waals surface area contributed by atoms with Crippen LogP contribution in [0.1, 0.15) is 209 Å². The number of carbonyl (C=O) groups is 7. The van der Waals surface area contributed by atoms with E-state index in [2.05, 4.69) is 67.8 Å². The van der Waals surface area contributed by atoms with Crippen LogP contribution in [0.25, 0.3) is 0 Å². The molecule has 0 unspecified atom stereocenters. The van der Waals surface area contributed by atoms with E-state index in [0.717, 1.165) is 43.2 Å². The minimum absolute atomic E-state index is 0. The van der Waals surface area contributed by atoms with E-state index in [1.807, 2.05) is 147 Å². The molecule has 0 saturated carbocycles. The van der Waals surface area contributed by atoms with Crippen LogP contribution in [0.3, 0.4) is 0 Å². The zero-order chi connectivity index (χ0) is 70.3. The fraction of sp³-hybridized carbons (Fsp3) is 0.662. The van der Waals surface area contributed by atoms with Crippen LogP contribution in [0.5, 0.6) is 0 Å². The van der Waals surface area contributed by atoms with Gasteiger partial charge in [-0.25, -0.2) is 0 Å². The van der Waals surface area contributed by atoms with Gasteiger partial charge >= 0.3 is 49.7 Å². The molecule has 88 heavy (non-hydrogen) atoms. The topological polar surface area (TPSA) is 254 Å². The number of benzene rings is 2. The molecule has 0 aliphatic rings. The summed E-state index contributed by atoms with van der Waals surface area (Å²) in [6.45, 7) is 45.0. The first-order chi connectivity index (χ1) is 40.6. The molecule has 0 aromatic heterocycles. The normalized spacial score (nSPS) is 13.4. The Morgan fingerprint density at radius 1 is 0.591 bits per heavy atom. The molecule has 0 bridgehead atoms. The van der Waals surface area contributed by atoms with E-state index in [9.17, 15) is 48.9 Å². The van der Waals surface area contributed by atoms with Gasteiger partial charge in [0.05, 0.1) is 62.8 Å². The predicted molar refractivity (Wildman–Crippen MR) is 370 cm³/mol. The number of aliphatic hydroxyl groups is 1. The van der Waals surface area contributed by atoms with Gasteiger partial charge in [0, 0.05) is 21.5 Å². The van der Waals surface area contributed by atoms with E-state index in [-0.39, 0.29) is 144 Å². The molecule has 20 heteroatoms. The number of hydrogen-bond acceptors (Lipinski definition) is 13. The number of ketones is 5. The van der Waals surface area contributed by atoms with Crippen molar-refractivity contribution in [2.24, 2.45) is 29.6 Å². The number of aliphatic hydroxyl groups excluding tert-OH is 1. The van der Waals surface area contributed by atoms with Crippen molar-refractivity contribution >= 4 is 94.4 Å². The molecular weight excluding hydrogens is 1350 g/mol. The molecule has 9 atom stereocenters. The maximum Gasteiger partial charge on any atom is 1.00 e. The molecule has 2 aromatic rings. The first kappa shape index (κ1) is 99.1. The third-order valence-corrected chi connectivity index (χ3v) is 18.2. The van der Waals surface area contributed by atoms with Crippen molar-refractivity contribution in [1.29, 1.82) is 0 Å². The van der Waals surface area contributed by atoms with Crippen LogP contribution in [0.2, 0.25) is 18.1 Å². The molecule has 0 aliphatic heterocycles. The summed E-state index contributed by atoms with van der Waals surface area (Å²) in [7, 11) is -1.91. The molecule has 0 radical (unpaired) electrons. The second-order valence-electron chi connectivity index (χ2n) is 23.0. The monoisotopic (exact) mass is 1470 g/mol. The summed E-state index contributed by atoms with van der Waals surface area (Å²) >= 11 is 3.91. The molecule has 0 spiro atoms. The molecule has 3 N–H and O–H groups in total. The first-order valence-electron chi connectivity index (χ1n) is 31.0. The number of hydrogen-bond donors (Lipinski definition) is 3. The Balaban J connectivity index is -0.000000126. The van der Waals surface area contributed by atoms with E-state index >= 15 is 0 Å². The van der Waals surface area contributed by atoms with Gasteiger partial charge in [-0.1, -0.05) is 229 Å². The number of ether oxygens (including phenoxy) is 2. The average Bonchev–Trinajstić information content (AvgIpc) is 2.04. The SMILES string of the molecule is C=C(C)[O-].C=C(C)[O-].CC[C@H](C)C(=O)CC(C)=O.CC[C@H](C)C(=O)O.CC[C@H](C)[C@@H](O)C[C@@H](CC(C)=O)O[Si](C)(C)C(C)(C)C.CC[C@H](C)[C@H](CC(=O)CC(C)=O)OCc1ccccc1.CC[C@H](C)[C@H](CC(=O)O)OCc1ccccc1.[2H]CI.[2H]CI.[Li+].[Li+]. The van der Waals surface area contributed by atoms with E-state index in [1.54, 1.807) is 13.8 Å².